The molecule has 0 fully saturated rings. The first-order valence-corrected chi connectivity index (χ1v) is 7.08. The molecule has 0 saturated heterocycles. The first kappa shape index (κ1) is 19.6. The molecule has 104 valence electrons. The fourth-order valence-electron chi connectivity index (χ4n) is 0.798. The van der Waals surface area contributed by atoms with E-state index in [1.807, 2.05) is 25.1 Å². The van der Waals surface area contributed by atoms with Crippen LogP contribution in [0.2, 0.25) is 0 Å². The number of aromatic nitrogens is 1. The molecule has 0 saturated carbocycles. The summed E-state index contributed by atoms with van der Waals surface area (Å²) in [5, 5.41) is 0.897. The number of carbonyl (C=O) groups excluding carboxylic acids is 1. The van der Waals surface area contributed by atoms with Gasteiger partial charge in [0.1, 0.15) is 17.6 Å². The molecule has 1 rings (SSSR count). The fraction of sp³-hybridized carbons (Fsp3) is 0.455. The number of nitrogens with zero attached hydrogens (tertiary/aromatic N) is 1. The highest BCUT2D eigenvalue weighted by atomic mass is 33.1. The summed E-state index contributed by atoms with van der Waals surface area (Å²) in [6.45, 7) is 2.37. The number of ether oxygens (including phenoxy) is 2. The van der Waals surface area contributed by atoms with Crippen molar-refractivity contribution in [1.29, 1.82) is 0 Å². The van der Waals surface area contributed by atoms with Gasteiger partial charge >= 0.3 is 5.97 Å². The second kappa shape index (κ2) is 12.7. The van der Waals surface area contributed by atoms with Gasteiger partial charge in [-0.05, 0) is 40.6 Å². The maximum absolute atomic E-state index is 11.0. The lowest BCUT2D eigenvalue weighted by molar-refractivity contribution is -0.146. The Hall–Kier alpha value is -0.760. The van der Waals surface area contributed by atoms with Gasteiger partial charge in [0.25, 0.3) is 0 Å². The normalized spacial score (nSPS) is 8.94. The third kappa shape index (κ3) is 9.29. The monoisotopic (exact) mass is 293 g/mol. The maximum atomic E-state index is 11.0. The van der Waals surface area contributed by atoms with E-state index in [-0.39, 0.29) is 25.5 Å². The van der Waals surface area contributed by atoms with E-state index in [9.17, 15) is 4.79 Å². The molecule has 0 bridgehead atoms. The Morgan fingerprint density at radius 1 is 1.44 bits per heavy atom. The smallest absolute Gasteiger partial charge is 0.332 e. The number of pyridine rings is 1. The van der Waals surface area contributed by atoms with Crippen LogP contribution >= 0.6 is 21.6 Å². The van der Waals surface area contributed by atoms with E-state index in [1.165, 1.54) is 21.6 Å². The largest absolute Gasteiger partial charge is 0.452 e. The van der Waals surface area contributed by atoms with Gasteiger partial charge in [-0.3, -0.25) is 0 Å². The Labute approximate surface area is 115 Å². The van der Waals surface area contributed by atoms with Crippen LogP contribution in [0.25, 0.3) is 0 Å². The molecule has 0 aromatic carbocycles. The molecule has 1 heterocycles. The van der Waals surface area contributed by atoms with E-state index in [4.69, 9.17) is 9.47 Å². The number of esters is 1. The Balaban J connectivity index is 0. The summed E-state index contributed by atoms with van der Waals surface area (Å²) in [5.74, 6) is -0.0383. The predicted molar refractivity (Wildman–Crippen MR) is 75.5 cm³/mol. The molecule has 0 radical (unpaired) electrons. The molecule has 0 unspecified atom stereocenters. The van der Waals surface area contributed by atoms with Crippen molar-refractivity contribution >= 4 is 27.6 Å². The highest BCUT2D eigenvalue weighted by Gasteiger charge is 2.02. The summed E-state index contributed by atoms with van der Waals surface area (Å²) in [6, 6.07) is 5.67. The topological polar surface area (TPSA) is 79.9 Å². The molecule has 5 nitrogen and oxygen atoms in total. The van der Waals surface area contributed by atoms with Gasteiger partial charge < -0.3 is 14.9 Å². The lowest BCUT2D eigenvalue weighted by Gasteiger charge is -2.03. The zero-order valence-electron chi connectivity index (χ0n) is 9.42. The van der Waals surface area contributed by atoms with E-state index in [0.717, 1.165) is 5.03 Å². The van der Waals surface area contributed by atoms with Crippen molar-refractivity contribution in [2.24, 2.45) is 0 Å². The number of rotatable bonds is 7. The van der Waals surface area contributed by atoms with Gasteiger partial charge in [0.05, 0.1) is 0 Å². The zero-order chi connectivity index (χ0) is 11.6. The van der Waals surface area contributed by atoms with E-state index in [1.54, 1.807) is 6.20 Å². The van der Waals surface area contributed by atoms with Crippen molar-refractivity contribution in [3.05, 3.63) is 24.4 Å². The van der Waals surface area contributed by atoms with Crippen molar-refractivity contribution < 1.29 is 19.7 Å². The minimum absolute atomic E-state index is 0. The van der Waals surface area contributed by atoms with Crippen molar-refractivity contribution in [2.75, 3.05) is 19.2 Å². The van der Waals surface area contributed by atoms with Gasteiger partial charge in [0.15, 0.2) is 0 Å². The van der Waals surface area contributed by atoms with Crippen LogP contribution in [-0.4, -0.2) is 35.6 Å². The van der Waals surface area contributed by atoms with E-state index < -0.39 is 0 Å². The molecule has 0 aliphatic rings. The molecule has 1 aromatic rings. The standard InChI is InChI=1S/C10H13NO3S2.CH4.H2O/c1-2-13-7-10(12)14-8-15-16-9-5-3-4-6-11-9;;/h3-6H,2,7-8H2,1H3;1H4;1H2. The lowest BCUT2D eigenvalue weighted by Crippen LogP contribution is -2.11. The molecule has 2 N–H and O–H groups in total. The quantitative estimate of drug-likeness (QED) is 0.332. The van der Waals surface area contributed by atoms with Crippen LogP contribution in [0.4, 0.5) is 0 Å². The zero-order valence-corrected chi connectivity index (χ0v) is 11.1. The van der Waals surface area contributed by atoms with Crippen LogP contribution < -0.4 is 0 Å². The molecular formula is C11H19NO4S2. The van der Waals surface area contributed by atoms with Gasteiger partial charge in [-0.25, -0.2) is 9.78 Å². The molecular weight excluding hydrogens is 274 g/mol. The Morgan fingerprint density at radius 3 is 2.83 bits per heavy atom. The van der Waals surface area contributed by atoms with Crippen molar-refractivity contribution in [2.45, 2.75) is 19.4 Å². The highest BCUT2D eigenvalue weighted by Crippen LogP contribution is 2.28. The average molecular weight is 293 g/mol. The summed E-state index contributed by atoms with van der Waals surface area (Å²) < 4.78 is 9.82. The SMILES string of the molecule is C.CCOCC(=O)OCSSc1ccccn1.O. The first-order valence-electron chi connectivity index (χ1n) is 4.76. The summed E-state index contributed by atoms with van der Waals surface area (Å²) in [7, 11) is 2.90. The van der Waals surface area contributed by atoms with Gasteiger partial charge in [0.2, 0.25) is 0 Å². The molecule has 0 spiro atoms. The van der Waals surface area contributed by atoms with Crippen LogP contribution in [0.1, 0.15) is 14.4 Å². The van der Waals surface area contributed by atoms with E-state index >= 15 is 0 Å². The van der Waals surface area contributed by atoms with Gasteiger partial charge in [-0.2, -0.15) is 0 Å². The first-order chi connectivity index (χ1) is 7.83. The number of hydrogen-bond acceptors (Lipinski definition) is 6. The van der Waals surface area contributed by atoms with Gasteiger partial charge in [0, 0.05) is 12.8 Å². The fourth-order valence-corrected chi connectivity index (χ4v) is 2.33. The molecule has 7 heteroatoms. The van der Waals surface area contributed by atoms with Crippen LogP contribution in [-0.2, 0) is 14.3 Å². The van der Waals surface area contributed by atoms with Crippen molar-refractivity contribution in [1.82, 2.24) is 4.98 Å². The Morgan fingerprint density at radius 2 is 2.22 bits per heavy atom. The molecule has 1 aromatic heterocycles. The summed E-state index contributed by atoms with van der Waals surface area (Å²) in [6.07, 6.45) is 1.73. The molecule has 0 aliphatic carbocycles. The third-order valence-electron chi connectivity index (χ3n) is 1.47. The minimum Gasteiger partial charge on any atom is -0.452 e. The second-order valence-electron chi connectivity index (χ2n) is 2.64. The lowest BCUT2D eigenvalue weighted by atomic mass is 10.5. The third-order valence-corrected chi connectivity index (χ3v) is 3.37. The number of carbonyl (C=O) groups is 1. The molecule has 0 aliphatic heterocycles. The predicted octanol–water partition coefficient (Wildman–Crippen LogP) is 2.17. The minimum atomic E-state index is -0.337. The molecule has 0 atom stereocenters. The summed E-state index contributed by atoms with van der Waals surface area (Å²) in [4.78, 5) is 15.1. The molecule has 0 amide bonds. The van der Waals surface area contributed by atoms with Crippen LogP contribution in [0.15, 0.2) is 29.4 Å². The van der Waals surface area contributed by atoms with Gasteiger partial charge in [-0.15, -0.1) is 0 Å². The van der Waals surface area contributed by atoms with Crippen LogP contribution in [0.3, 0.4) is 0 Å². The highest BCUT2D eigenvalue weighted by molar-refractivity contribution is 8.76. The van der Waals surface area contributed by atoms with Gasteiger partial charge in [-0.1, -0.05) is 13.5 Å². The average Bonchev–Trinajstić information content (AvgIpc) is 2.33. The Bertz CT molecular complexity index is 311. The molecule has 18 heavy (non-hydrogen) atoms. The maximum Gasteiger partial charge on any atom is 0.332 e. The van der Waals surface area contributed by atoms with Crippen LogP contribution in [0.5, 0.6) is 0 Å². The second-order valence-corrected chi connectivity index (χ2v) is 4.90. The summed E-state index contributed by atoms with van der Waals surface area (Å²) in [5.41, 5.74) is 0. The van der Waals surface area contributed by atoms with Crippen molar-refractivity contribution in [3.63, 3.8) is 0 Å². The van der Waals surface area contributed by atoms with Crippen LogP contribution in [0, 0.1) is 0 Å². The van der Waals surface area contributed by atoms with E-state index in [0.29, 0.717) is 12.5 Å². The Kier molecular flexibility index (Phi) is 13.8. The van der Waals surface area contributed by atoms with E-state index in [2.05, 4.69) is 4.98 Å². The summed E-state index contributed by atoms with van der Waals surface area (Å²) >= 11 is 0. The van der Waals surface area contributed by atoms with Crippen molar-refractivity contribution in [3.8, 4) is 0 Å². The number of hydrogen-bond donors (Lipinski definition) is 0.